The van der Waals surface area contributed by atoms with Crippen LogP contribution in [-0.4, -0.2) is 0 Å². The Morgan fingerprint density at radius 1 is 0.684 bits per heavy atom. The van der Waals surface area contributed by atoms with Crippen molar-refractivity contribution in [3.05, 3.63) is 161 Å². The van der Waals surface area contributed by atoms with Crippen LogP contribution in [0.3, 0.4) is 0 Å². The van der Waals surface area contributed by atoms with Crippen LogP contribution < -0.4 is 15.1 Å². The normalized spacial score (nSPS) is 19.3. The fraction of sp³-hybridized carbons (Fsp3) is 0.143. The highest BCUT2D eigenvalue weighted by Gasteiger charge is 2.53. The predicted octanol–water partition coefficient (Wildman–Crippen LogP) is 8.04. The molecule has 2 atom stereocenters. The third kappa shape index (κ3) is 3.66. The lowest BCUT2D eigenvalue weighted by atomic mass is 9.80. The number of benzene rings is 5. The number of hydrogen-bond acceptors (Lipinski definition) is 3. The molecule has 1 N–H and O–H groups in total. The predicted molar refractivity (Wildman–Crippen MR) is 157 cm³/mol. The molecule has 2 aliphatic heterocycles. The number of fused-ring (bicyclic) bond motifs is 6. The molecule has 7 rings (SSSR count). The molecule has 5 aromatic carbocycles. The van der Waals surface area contributed by atoms with Crippen LogP contribution in [0.2, 0.25) is 0 Å². The van der Waals surface area contributed by atoms with Gasteiger partial charge < -0.3 is 15.1 Å². The van der Waals surface area contributed by atoms with E-state index < -0.39 is 5.66 Å². The molecule has 2 unspecified atom stereocenters. The van der Waals surface area contributed by atoms with E-state index in [4.69, 9.17) is 0 Å². The largest absolute Gasteiger partial charge is 0.358 e. The third-order valence-electron chi connectivity index (χ3n) is 7.97. The van der Waals surface area contributed by atoms with E-state index in [-0.39, 0.29) is 6.17 Å². The van der Waals surface area contributed by atoms with E-state index in [0.29, 0.717) is 0 Å². The third-order valence-corrected chi connectivity index (χ3v) is 7.97. The standard InChI is InChI=1S/C35H31N3/c1-26-13-12-18-29(23-26)38-34-30-19-8-10-21-32(30)36-35(38,24-27-14-4-2-5-15-27)31-20-9-11-22-33(31)37(34)25-28-16-6-3-7-17-28/h2-23,34,36H,24-25H2,1H3. The van der Waals surface area contributed by atoms with Crippen LogP contribution in [0, 0.1) is 6.92 Å². The molecule has 186 valence electrons. The molecule has 0 saturated carbocycles. The van der Waals surface area contributed by atoms with E-state index in [0.717, 1.165) is 13.0 Å². The van der Waals surface area contributed by atoms with Crippen LogP contribution in [-0.2, 0) is 18.6 Å². The van der Waals surface area contributed by atoms with Gasteiger partial charge in [-0.1, -0.05) is 109 Å². The Labute approximate surface area is 225 Å². The molecule has 0 radical (unpaired) electrons. The smallest absolute Gasteiger partial charge is 0.145 e. The lowest BCUT2D eigenvalue weighted by molar-refractivity contribution is 0.351. The number of rotatable bonds is 5. The Hall–Kier alpha value is -4.50. The molecule has 0 amide bonds. The summed E-state index contributed by atoms with van der Waals surface area (Å²) in [6, 6.07) is 48.5. The molecule has 5 aromatic rings. The number of para-hydroxylation sites is 2. The number of hydrogen-bond donors (Lipinski definition) is 1. The number of anilines is 3. The van der Waals surface area contributed by atoms with Crippen molar-refractivity contribution in [2.45, 2.75) is 31.7 Å². The van der Waals surface area contributed by atoms with Crippen LogP contribution in [0.25, 0.3) is 0 Å². The van der Waals surface area contributed by atoms with Gasteiger partial charge in [0.15, 0.2) is 0 Å². The molecule has 0 aromatic heterocycles. The van der Waals surface area contributed by atoms with E-state index in [1.807, 2.05) is 0 Å². The molecular formula is C35H31N3. The van der Waals surface area contributed by atoms with Crippen LogP contribution in [0.1, 0.15) is 34.0 Å². The van der Waals surface area contributed by atoms with Gasteiger partial charge in [-0.3, -0.25) is 0 Å². The summed E-state index contributed by atoms with van der Waals surface area (Å²) in [5, 5.41) is 4.10. The van der Waals surface area contributed by atoms with Crippen molar-refractivity contribution < 1.29 is 0 Å². The minimum absolute atomic E-state index is 0.0214. The van der Waals surface area contributed by atoms with Crippen molar-refractivity contribution in [2.24, 2.45) is 0 Å². The van der Waals surface area contributed by atoms with Crippen molar-refractivity contribution in [3.63, 3.8) is 0 Å². The van der Waals surface area contributed by atoms with Crippen LogP contribution >= 0.6 is 0 Å². The SMILES string of the molecule is Cc1cccc(N2C3c4ccccc4NC2(Cc2ccccc2)c2ccccc2N3Cc2ccccc2)c1. The molecule has 38 heavy (non-hydrogen) atoms. The second-order valence-electron chi connectivity index (χ2n) is 10.4. The maximum Gasteiger partial charge on any atom is 0.145 e. The second kappa shape index (κ2) is 9.11. The first-order valence-electron chi connectivity index (χ1n) is 13.4. The molecule has 2 heterocycles. The maximum absolute atomic E-state index is 4.10. The van der Waals surface area contributed by atoms with Crippen molar-refractivity contribution in [1.82, 2.24) is 0 Å². The Balaban J connectivity index is 1.53. The van der Waals surface area contributed by atoms with Gasteiger partial charge in [0.05, 0.1) is 0 Å². The monoisotopic (exact) mass is 493 g/mol. The minimum atomic E-state index is -0.460. The Morgan fingerprint density at radius 3 is 2.16 bits per heavy atom. The molecule has 0 spiro atoms. The summed E-state index contributed by atoms with van der Waals surface area (Å²) in [6.07, 6.45) is 0.857. The zero-order valence-corrected chi connectivity index (χ0v) is 21.6. The van der Waals surface area contributed by atoms with Crippen LogP contribution in [0.5, 0.6) is 0 Å². The van der Waals surface area contributed by atoms with E-state index in [9.17, 15) is 0 Å². The summed E-state index contributed by atoms with van der Waals surface area (Å²) >= 11 is 0. The Morgan fingerprint density at radius 2 is 1.37 bits per heavy atom. The molecule has 0 fully saturated rings. The summed E-state index contributed by atoms with van der Waals surface area (Å²) < 4.78 is 0. The summed E-state index contributed by atoms with van der Waals surface area (Å²) in [5.41, 5.74) is 9.71. The van der Waals surface area contributed by atoms with Gasteiger partial charge in [0, 0.05) is 41.2 Å². The summed E-state index contributed by atoms with van der Waals surface area (Å²) in [5.74, 6) is 0. The van der Waals surface area contributed by atoms with Crippen LogP contribution in [0.4, 0.5) is 17.1 Å². The first kappa shape index (κ1) is 22.7. The minimum Gasteiger partial charge on any atom is -0.358 e. The van der Waals surface area contributed by atoms with Gasteiger partial charge >= 0.3 is 0 Å². The quantitative estimate of drug-likeness (QED) is 0.267. The van der Waals surface area contributed by atoms with E-state index in [1.54, 1.807) is 0 Å². The fourth-order valence-electron chi connectivity index (χ4n) is 6.38. The van der Waals surface area contributed by atoms with Crippen molar-refractivity contribution in [2.75, 3.05) is 15.1 Å². The zero-order chi connectivity index (χ0) is 25.5. The number of nitrogens with zero attached hydrogens (tertiary/aromatic N) is 2. The lowest BCUT2D eigenvalue weighted by Gasteiger charge is -2.61. The summed E-state index contributed by atoms with van der Waals surface area (Å²) in [7, 11) is 0. The molecule has 2 aliphatic rings. The molecule has 0 saturated heterocycles. The van der Waals surface area contributed by atoms with Gasteiger partial charge in [0.25, 0.3) is 0 Å². The summed E-state index contributed by atoms with van der Waals surface area (Å²) in [6.45, 7) is 3.00. The van der Waals surface area contributed by atoms with Gasteiger partial charge in [0.1, 0.15) is 11.8 Å². The van der Waals surface area contributed by atoms with Gasteiger partial charge in [-0.25, -0.2) is 0 Å². The number of nitrogens with one attached hydrogen (secondary N) is 1. The van der Waals surface area contributed by atoms with Crippen molar-refractivity contribution >= 4 is 17.1 Å². The first-order valence-corrected chi connectivity index (χ1v) is 13.4. The average molecular weight is 494 g/mol. The topological polar surface area (TPSA) is 18.5 Å². The Bertz CT molecular complexity index is 1580. The average Bonchev–Trinajstić information content (AvgIpc) is 2.96. The van der Waals surface area contributed by atoms with Gasteiger partial charge in [-0.05, 0) is 47.9 Å². The molecule has 0 aliphatic carbocycles. The molecule has 3 nitrogen and oxygen atoms in total. The second-order valence-corrected chi connectivity index (χ2v) is 10.4. The number of aryl methyl sites for hydroxylation is 1. The van der Waals surface area contributed by atoms with E-state index in [1.165, 1.54) is 44.9 Å². The van der Waals surface area contributed by atoms with E-state index in [2.05, 4.69) is 156 Å². The lowest BCUT2D eigenvalue weighted by Crippen LogP contribution is -2.64. The highest BCUT2D eigenvalue weighted by Crippen LogP contribution is 2.56. The Kier molecular flexibility index (Phi) is 5.44. The molecule has 3 heteroatoms. The molecular weight excluding hydrogens is 462 g/mol. The zero-order valence-electron chi connectivity index (χ0n) is 21.6. The highest BCUT2D eigenvalue weighted by molar-refractivity contribution is 5.77. The van der Waals surface area contributed by atoms with Gasteiger partial charge in [-0.15, -0.1) is 0 Å². The van der Waals surface area contributed by atoms with Gasteiger partial charge in [-0.2, -0.15) is 0 Å². The van der Waals surface area contributed by atoms with Gasteiger partial charge in [0.2, 0.25) is 0 Å². The fourth-order valence-corrected chi connectivity index (χ4v) is 6.38. The van der Waals surface area contributed by atoms with Crippen molar-refractivity contribution in [3.8, 4) is 0 Å². The molecule has 2 bridgehead atoms. The first-order chi connectivity index (χ1) is 18.7. The maximum atomic E-state index is 4.10. The summed E-state index contributed by atoms with van der Waals surface area (Å²) in [4.78, 5) is 5.23. The highest BCUT2D eigenvalue weighted by atomic mass is 15.5. The van der Waals surface area contributed by atoms with Crippen LogP contribution in [0.15, 0.2) is 133 Å². The van der Waals surface area contributed by atoms with E-state index >= 15 is 0 Å². The van der Waals surface area contributed by atoms with Crippen molar-refractivity contribution in [1.29, 1.82) is 0 Å².